The van der Waals surface area contributed by atoms with E-state index in [1.54, 1.807) is 6.07 Å². The van der Waals surface area contributed by atoms with Crippen LogP contribution in [0.3, 0.4) is 0 Å². The molecule has 7 nitrogen and oxygen atoms in total. The summed E-state index contributed by atoms with van der Waals surface area (Å²) in [7, 11) is 0. The first kappa shape index (κ1) is 14.9. The summed E-state index contributed by atoms with van der Waals surface area (Å²) in [4.78, 5) is 22.2. The second-order valence-electron chi connectivity index (χ2n) is 4.75. The Morgan fingerprint density at radius 1 is 1.22 bits per heavy atom. The summed E-state index contributed by atoms with van der Waals surface area (Å²) >= 11 is 5.83. The molecule has 1 heterocycles. The van der Waals surface area contributed by atoms with Crippen molar-refractivity contribution in [3.8, 4) is 17.2 Å². The Balaban J connectivity index is 2.04. The third kappa shape index (κ3) is 2.58. The molecule has 0 saturated heterocycles. The minimum atomic E-state index is -0.844. The number of benzene rings is 2. The van der Waals surface area contributed by atoms with Crippen LogP contribution in [0.25, 0.3) is 6.08 Å². The van der Waals surface area contributed by atoms with Crippen molar-refractivity contribution in [3.05, 3.63) is 62.4 Å². The number of Topliss-reactive ketones (excluding diaryl/α,β-unsaturated/α-hetero) is 1. The Morgan fingerprint density at radius 3 is 2.65 bits per heavy atom. The van der Waals surface area contributed by atoms with Gasteiger partial charge in [0.15, 0.2) is 11.5 Å². The normalized spacial score (nSPS) is 14.7. The summed E-state index contributed by atoms with van der Waals surface area (Å²) in [6.45, 7) is 0. The van der Waals surface area contributed by atoms with E-state index in [-0.39, 0.29) is 16.9 Å². The summed E-state index contributed by atoms with van der Waals surface area (Å²) in [5, 5.41) is 30.2. The molecule has 0 radical (unpaired) electrons. The molecule has 116 valence electrons. The molecule has 8 heteroatoms. The Kier molecular flexibility index (Phi) is 3.42. The number of phenolic OH excluding ortho intramolecular Hbond substituents is 2. The maximum atomic E-state index is 12.2. The molecule has 3 rings (SSSR count). The van der Waals surface area contributed by atoms with Crippen LogP contribution in [0.5, 0.6) is 17.2 Å². The van der Waals surface area contributed by atoms with Gasteiger partial charge in [-0.25, -0.2) is 0 Å². The van der Waals surface area contributed by atoms with E-state index in [2.05, 4.69) is 0 Å². The minimum Gasteiger partial charge on any atom is -0.504 e. The minimum absolute atomic E-state index is 0.0679. The van der Waals surface area contributed by atoms with Crippen molar-refractivity contribution in [2.24, 2.45) is 0 Å². The van der Waals surface area contributed by atoms with Crippen molar-refractivity contribution < 1.29 is 24.7 Å². The molecule has 0 saturated carbocycles. The third-order valence-corrected chi connectivity index (χ3v) is 3.45. The SMILES string of the molecule is O=C1C(=Cc2cc(O)c(O)c([N+](=O)[O-])c2)Oc2ccc(Cl)cc21. The highest BCUT2D eigenvalue weighted by Gasteiger charge is 2.28. The van der Waals surface area contributed by atoms with E-state index >= 15 is 0 Å². The van der Waals surface area contributed by atoms with Gasteiger partial charge in [-0.2, -0.15) is 0 Å². The number of fused-ring (bicyclic) bond motifs is 1. The molecule has 0 amide bonds. The van der Waals surface area contributed by atoms with Gasteiger partial charge in [0.2, 0.25) is 11.5 Å². The van der Waals surface area contributed by atoms with E-state index in [4.69, 9.17) is 16.3 Å². The lowest BCUT2D eigenvalue weighted by Gasteiger charge is -2.02. The van der Waals surface area contributed by atoms with Gasteiger partial charge < -0.3 is 14.9 Å². The summed E-state index contributed by atoms with van der Waals surface area (Å²) in [5.41, 5.74) is -0.265. The van der Waals surface area contributed by atoms with Crippen molar-refractivity contribution in [2.45, 2.75) is 0 Å². The molecule has 23 heavy (non-hydrogen) atoms. The lowest BCUT2D eigenvalue weighted by Crippen LogP contribution is -1.98. The second kappa shape index (κ2) is 5.29. The van der Waals surface area contributed by atoms with Crippen molar-refractivity contribution in [1.29, 1.82) is 0 Å². The van der Waals surface area contributed by atoms with Crippen LogP contribution in [-0.2, 0) is 0 Å². The summed E-state index contributed by atoms with van der Waals surface area (Å²) in [5.74, 6) is -1.69. The van der Waals surface area contributed by atoms with E-state index in [9.17, 15) is 25.1 Å². The molecule has 0 fully saturated rings. The highest BCUT2D eigenvalue weighted by atomic mass is 35.5. The number of nitro benzene ring substituents is 1. The number of halogens is 1. The Hall–Kier alpha value is -3.06. The van der Waals surface area contributed by atoms with Gasteiger partial charge in [0.25, 0.3) is 0 Å². The van der Waals surface area contributed by atoms with Crippen LogP contribution in [0.15, 0.2) is 36.1 Å². The number of nitrogens with zero attached hydrogens (tertiary/aromatic N) is 1. The van der Waals surface area contributed by atoms with Crippen LogP contribution >= 0.6 is 11.6 Å². The topological polar surface area (TPSA) is 110 Å². The Labute approximate surface area is 134 Å². The zero-order valence-electron chi connectivity index (χ0n) is 11.3. The van der Waals surface area contributed by atoms with Crippen LogP contribution in [0.2, 0.25) is 5.02 Å². The molecule has 1 aliphatic rings. The fourth-order valence-corrected chi connectivity index (χ4v) is 2.33. The highest BCUT2D eigenvalue weighted by molar-refractivity contribution is 6.31. The first-order valence-electron chi connectivity index (χ1n) is 6.31. The molecule has 0 unspecified atom stereocenters. The number of hydrogen-bond acceptors (Lipinski definition) is 6. The number of nitro groups is 1. The van der Waals surface area contributed by atoms with E-state index in [1.807, 2.05) is 0 Å². The van der Waals surface area contributed by atoms with Crippen molar-refractivity contribution >= 4 is 29.1 Å². The lowest BCUT2D eigenvalue weighted by molar-refractivity contribution is -0.386. The fraction of sp³-hybridized carbons (Fsp3) is 0. The predicted octanol–water partition coefficient (Wildman–Crippen LogP) is 3.28. The third-order valence-electron chi connectivity index (χ3n) is 3.22. The standard InChI is InChI=1S/C15H8ClNO6/c16-8-1-2-12-9(6-8)14(19)13(23-12)5-7-3-10(17(21)22)15(20)11(18)4-7/h1-6,18,20H. The maximum absolute atomic E-state index is 12.2. The molecule has 0 spiro atoms. The van der Waals surface area contributed by atoms with Crippen LogP contribution < -0.4 is 4.74 Å². The van der Waals surface area contributed by atoms with Crippen LogP contribution in [-0.4, -0.2) is 20.9 Å². The van der Waals surface area contributed by atoms with Crippen molar-refractivity contribution in [3.63, 3.8) is 0 Å². The monoisotopic (exact) mass is 333 g/mol. The Morgan fingerprint density at radius 2 is 1.96 bits per heavy atom. The highest BCUT2D eigenvalue weighted by Crippen LogP contribution is 2.38. The number of phenols is 2. The molecule has 0 atom stereocenters. The number of hydrogen-bond donors (Lipinski definition) is 2. The molecule has 2 aromatic carbocycles. The first-order valence-corrected chi connectivity index (χ1v) is 6.69. The quantitative estimate of drug-likeness (QED) is 0.378. The fourth-order valence-electron chi connectivity index (χ4n) is 2.16. The number of allylic oxidation sites excluding steroid dienone is 1. The van der Waals surface area contributed by atoms with Gasteiger partial charge in [-0.3, -0.25) is 14.9 Å². The maximum Gasteiger partial charge on any atom is 0.315 e. The number of carbonyl (C=O) groups is 1. The molecule has 2 N–H and O–H groups in total. The van der Waals surface area contributed by atoms with E-state index < -0.39 is 27.9 Å². The van der Waals surface area contributed by atoms with Crippen LogP contribution in [0.4, 0.5) is 5.69 Å². The van der Waals surface area contributed by atoms with E-state index in [0.717, 1.165) is 12.1 Å². The molecule has 2 aromatic rings. The Bertz CT molecular complexity index is 890. The molecule has 0 aromatic heterocycles. The number of rotatable bonds is 2. The van der Waals surface area contributed by atoms with Gasteiger partial charge in [-0.05, 0) is 35.9 Å². The van der Waals surface area contributed by atoms with Gasteiger partial charge in [-0.15, -0.1) is 0 Å². The van der Waals surface area contributed by atoms with Gasteiger partial charge >= 0.3 is 5.69 Å². The molecule has 1 aliphatic heterocycles. The van der Waals surface area contributed by atoms with Crippen LogP contribution in [0, 0.1) is 10.1 Å². The number of ether oxygens (including phenoxy) is 1. The summed E-state index contributed by atoms with van der Waals surface area (Å²) < 4.78 is 5.39. The first-order chi connectivity index (χ1) is 10.9. The van der Waals surface area contributed by atoms with Crippen molar-refractivity contribution in [1.82, 2.24) is 0 Å². The molecule has 0 aliphatic carbocycles. The van der Waals surface area contributed by atoms with Gasteiger partial charge in [-0.1, -0.05) is 11.6 Å². The van der Waals surface area contributed by atoms with E-state index in [0.29, 0.717) is 10.8 Å². The smallest absolute Gasteiger partial charge is 0.315 e. The van der Waals surface area contributed by atoms with Crippen molar-refractivity contribution in [2.75, 3.05) is 0 Å². The van der Waals surface area contributed by atoms with Gasteiger partial charge in [0.1, 0.15) is 5.75 Å². The molecular formula is C15H8ClNO6. The predicted molar refractivity (Wildman–Crippen MR) is 80.8 cm³/mol. The van der Waals surface area contributed by atoms with Gasteiger partial charge in [0, 0.05) is 11.1 Å². The summed E-state index contributed by atoms with van der Waals surface area (Å²) in [6.07, 6.45) is 1.24. The average molecular weight is 334 g/mol. The molecule has 0 bridgehead atoms. The van der Waals surface area contributed by atoms with Gasteiger partial charge in [0.05, 0.1) is 10.5 Å². The van der Waals surface area contributed by atoms with Crippen LogP contribution in [0.1, 0.15) is 15.9 Å². The lowest BCUT2D eigenvalue weighted by atomic mass is 10.1. The number of carbonyl (C=O) groups excluding carboxylic acids is 1. The average Bonchev–Trinajstić information content (AvgIpc) is 2.79. The number of aromatic hydroxyl groups is 2. The molecular weight excluding hydrogens is 326 g/mol. The second-order valence-corrected chi connectivity index (χ2v) is 5.18. The largest absolute Gasteiger partial charge is 0.504 e. The van der Waals surface area contributed by atoms with E-state index in [1.165, 1.54) is 18.2 Å². The zero-order chi connectivity index (χ0) is 16.7. The summed E-state index contributed by atoms with van der Waals surface area (Å²) in [6, 6.07) is 6.66. The number of ketones is 1. The zero-order valence-corrected chi connectivity index (χ0v) is 12.1.